The fraction of sp³-hybridized carbons (Fsp3) is 0.538. The molecule has 1 N–H and O–H groups in total. The fourth-order valence-corrected chi connectivity index (χ4v) is 2.82. The van der Waals surface area contributed by atoms with E-state index in [9.17, 15) is 0 Å². The van der Waals surface area contributed by atoms with Gasteiger partial charge in [-0.25, -0.2) is 0 Å². The summed E-state index contributed by atoms with van der Waals surface area (Å²) in [5.41, 5.74) is 2.54. The molecule has 1 heterocycles. The highest BCUT2D eigenvalue weighted by Crippen LogP contribution is 2.33. The van der Waals surface area contributed by atoms with Crippen LogP contribution in [-0.2, 0) is 6.42 Å². The third kappa shape index (κ3) is 2.41. The molecule has 16 heavy (non-hydrogen) atoms. The Morgan fingerprint density at radius 3 is 2.94 bits per heavy atom. The molecule has 0 aliphatic carbocycles. The molecular formula is C13H18BrNO. The van der Waals surface area contributed by atoms with Gasteiger partial charge in [0.05, 0.1) is 11.6 Å². The average molecular weight is 284 g/mol. The first-order chi connectivity index (χ1) is 7.72. The normalized spacial score (nSPS) is 20.1. The number of nitrogens with one attached hydrogen (secondary N) is 1. The molecule has 1 unspecified atom stereocenters. The molecule has 0 saturated carbocycles. The van der Waals surface area contributed by atoms with Gasteiger partial charge in [-0.1, -0.05) is 12.1 Å². The molecule has 1 aliphatic rings. The van der Waals surface area contributed by atoms with Crippen LogP contribution >= 0.6 is 15.9 Å². The van der Waals surface area contributed by atoms with Crippen molar-refractivity contribution in [3.05, 3.63) is 27.7 Å². The lowest BCUT2D eigenvalue weighted by atomic mass is 9.97. The zero-order valence-electron chi connectivity index (χ0n) is 9.85. The predicted molar refractivity (Wildman–Crippen MR) is 70.1 cm³/mol. The van der Waals surface area contributed by atoms with E-state index in [2.05, 4.69) is 40.3 Å². The lowest BCUT2D eigenvalue weighted by molar-refractivity contribution is 0.402. The Morgan fingerprint density at radius 2 is 2.31 bits per heavy atom. The predicted octanol–water partition coefficient (Wildman–Crippen LogP) is 2.92. The molecule has 0 aromatic heterocycles. The van der Waals surface area contributed by atoms with E-state index in [0.29, 0.717) is 0 Å². The third-order valence-corrected chi connectivity index (χ3v) is 4.23. The summed E-state index contributed by atoms with van der Waals surface area (Å²) in [4.78, 5) is 0. The molecule has 0 spiro atoms. The number of methoxy groups -OCH3 is 1. The van der Waals surface area contributed by atoms with Gasteiger partial charge in [0.1, 0.15) is 5.75 Å². The first-order valence-electron chi connectivity index (χ1n) is 5.75. The molecule has 0 bridgehead atoms. The highest BCUT2D eigenvalue weighted by atomic mass is 79.9. The lowest BCUT2D eigenvalue weighted by Crippen LogP contribution is -2.11. The minimum absolute atomic E-state index is 0.753. The van der Waals surface area contributed by atoms with Gasteiger partial charge < -0.3 is 10.1 Å². The monoisotopic (exact) mass is 283 g/mol. The largest absolute Gasteiger partial charge is 0.495 e. The van der Waals surface area contributed by atoms with Crippen LogP contribution in [0.5, 0.6) is 5.75 Å². The zero-order chi connectivity index (χ0) is 11.5. The number of hydrogen-bond acceptors (Lipinski definition) is 2. The topological polar surface area (TPSA) is 21.3 Å². The number of halogens is 1. The van der Waals surface area contributed by atoms with Crippen LogP contribution in [0.1, 0.15) is 17.5 Å². The summed E-state index contributed by atoms with van der Waals surface area (Å²) in [6, 6.07) is 4.35. The number of ether oxygens (including phenoxy) is 1. The molecular weight excluding hydrogens is 266 g/mol. The molecule has 1 saturated heterocycles. The van der Waals surface area contributed by atoms with Gasteiger partial charge >= 0.3 is 0 Å². The van der Waals surface area contributed by atoms with Crippen molar-refractivity contribution in [1.29, 1.82) is 0 Å². The Labute approximate surface area is 106 Å². The minimum Gasteiger partial charge on any atom is -0.495 e. The third-order valence-electron chi connectivity index (χ3n) is 3.25. The molecule has 1 aliphatic heterocycles. The first-order valence-corrected chi connectivity index (χ1v) is 6.54. The van der Waals surface area contributed by atoms with Gasteiger partial charge in [-0.2, -0.15) is 0 Å². The fourth-order valence-electron chi connectivity index (χ4n) is 2.28. The van der Waals surface area contributed by atoms with Crippen molar-refractivity contribution < 1.29 is 4.74 Å². The molecule has 1 aromatic carbocycles. The Bertz CT molecular complexity index is 372. The van der Waals surface area contributed by atoms with Crippen LogP contribution in [0.15, 0.2) is 16.6 Å². The van der Waals surface area contributed by atoms with Crippen LogP contribution < -0.4 is 10.1 Å². The van der Waals surface area contributed by atoms with E-state index in [1.807, 2.05) is 0 Å². The van der Waals surface area contributed by atoms with Crippen molar-refractivity contribution in [3.8, 4) is 5.75 Å². The van der Waals surface area contributed by atoms with E-state index >= 15 is 0 Å². The smallest absolute Gasteiger partial charge is 0.136 e. The Hall–Kier alpha value is -0.540. The van der Waals surface area contributed by atoms with Crippen molar-refractivity contribution in [2.24, 2.45) is 5.92 Å². The molecule has 2 nitrogen and oxygen atoms in total. The lowest BCUT2D eigenvalue weighted by Gasteiger charge is -2.15. The van der Waals surface area contributed by atoms with Crippen LogP contribution in [0.3, 0.4) is 0 Å². The summed E-state index contributed by atoms with van der Waals surface area (Å²) in [5.74, 6) is 1.76. The molecule has 1 atom stereocenters. The minimum atomic E-state index is 0.753. The molecule has 0 radical (unpaired) electrons. The van der Waals surface area contributed by atoms with Crippen LogP contribution in [0.4, 0.5) is 0 Å². The Morgan fingerprint density at radius 1 is 1.50 bits per heavy atom. The van der Waals surface area contributed by atoms with E-state index in [1.165, 1.54) is 17.5 Å². The highest BCUT2D eigenvalue weighted by Gasteiger charge is 2.18. The maximum absolute atomic E-state index is 5.50. The molecule has 1 fully saturated rings. The van der Waals surface area contributed by atoms with Crippen molar-refractivity contribution in [2.75, 3.05) is 20.2 Å². The number of aryl methyl sites for hydroxylation is 1. The summed E-state index contributed by atoms with van der Waals surface area (Å²) in [5, 5.41) is 3.40. The van der Waals surface area contributed by atoms with Crippen molar-refractivity contribution in [3.63, 3.8) is 0 Å². The summed E-state index contributed by atoms with van der Waals surface area (Å²) in [6.07, 6.45) is 2.38. The van der Waals surface area contributed by atoms with Crippen LogP contribution in [0, 0.1) is 12.8 Å². The van der Waals surface area contributed by atoms with Gasteiger partial charge in [0.2, 0.25) is 0 Å². The summed E-state index contributed by atoms with van der Waals surface area (Å²) >= 11 is 3.60. The SMILES string of the molecule is COc1c(CC2CCNC2)ccc(C)c1Br. The second-order valence-electron chi connectivity index (χ2n) is 4.45. The van der Waals surface area contributed by atoms with Crippen molar-refractivity contribution in [2.45, 2.75) is 19.8 Å². The Kier molecular flexibility index (Phi) is 3.87. The maximum atomic E-state index is 5.50. The van der Waals surface area contributed by atoms with Gasteiger partial charge in [0, 0.05) is 0 Å². The Balaban J connectivity index is 2.22. The van der Waals surface area contributed by atoms with Crippen molar-refractivity contribution >= 4 is 15.9 Å². The van der Waals surface area contributed by atoms with Gasteiger partial charge in [-0.3, -0.25) is 0 Å². The standard InChI is InChI=1S/C13H18BrNO/c1-9-3-4-11(13(16-2)12(9)14)7-10-5-6-15-8-10/h3-4,10,15H,5-8H2,1-2H3. The molecule has 3 heteroatoms. The average Bonchev–Trinajstić information content (AvgIpc) is 2.77. The zero-order valence-corrected chi connectivity index (χ0v) is 11.4. The van der Waals surface area contributed by atoms with Crippen LogP contribution in [-0.4, -0.2) is 20.2 Å². The van der Waals surface area contributed by atoms with Gasteiger partial charge in [-0.05, 0) is 65.8 Å². The molecule has 1 aromatic rings. The van der Waals surface area contributed by atoms with E-state index < -0.39 is 0 Å². The number of benzene rings is 1. The number of hydrogen-bond donors (Lipinski definition) is 1. The van der Waals surface area contributed by atoms with Crippen molar-refractivity contribution in [1.82, 2.24) is 5.32 Å². The van der Waals surface area contributed by atoms with E-state index in [0.717, 1.165) is 35.7 Å². The van der Waals surface area contributed by atoms with E-state index in [-0.39, 0.29) is 0 Å². The van der Waals surface area contributed by atoms with E-state index in [4.69, 9.17) is 4.74 Å². The maximum Gasteiger partial charge on any atom is 0.136 e. The molecule has 0 amide bonds. The number of rotatable bonds is 3. The van der Waals surface area contributed by atoms with Crippen LogP contribution in [0.25, 0.3) is 0 Å². The van der Waals surface area contributed by atoms with Gasteiger partial charge in [-0.15, -0.1) is 0 Å². The molecule has 2 rings (SSSR count). The van der Waals surface area contributed by atoms with E-state index in [1.54, 1.807) is 7.11 Å². The quantitative estimate of drug-likeness (QED) is 0.921. The summed E-state index contributed by atoms with van der Waals surface area (Å²) in [6.45, 7) is 4.38. The van der Waals surface area contributed by atoms with Gasteiger partial charge in [0.15, 0.2) is 0 Å². The highest BCUT2D eigenvalue weighted by molar-refractivity contribution is 9.10. The molecule has 88 valence electrons. The second-order valence-corrected chi connectivity index (χ2v) is 5.24. The first kappa shape index (κ1) is 11.9. The van der Waals surface area contributed by atoms with Gasteiger partial charge in [0.25, 0.3) is 0 Å². The summed E-state index contributed by atoms with van der Waals surface area (Å²) in [7, 11) is 1.75. The van der Waals surface area contributed by atoms with Crippen LogP contribution in [0.2, 0.25) is 0 Å². The summed E-state index contributed by atoms with van der Waals surface area (Å²) < 4.78 is 6.60. The second kappa shape index (κ2) is 5.19.